The van der Waals surface area contributed by atoms with Gasteiger partial charge in [0, 0.05) is 11.8 Å². The van der Waals surface area contributed by atoms with Crippen molar-refractivity contribution in [1.82, 2.24) is 14.4 Å². The van der Waals surface area contributed by atoms with Gasteiger partial charge in [0.1, 0.15) is 5.69 Å². The lowest BCUT2D eigenvalue weighted by molar-refractivity contribution is 0.444. The lowest BCUT2D eigenvalue weighted by atomic mass is 10.1. The molecule has 0 saturated carbocycles. The van der Waals surface area contributed by atoms with Gasteiger partial charge in [0.15, 0.2) is 5.65 Å². The Morgan fingerprint density at radius 2 is 1.86 bits per heavy atom. The highest BCUT2D eigenvalue weighted by atomic mass is 16.3. The number of imidazole rings is 1. The van der Waals surface area contributed by atoms with Crippen LogP contribution < -0.4 is 0 Å². The number of aromatic nitrogens is 3. The Kier molecular flexibility index (Phi) is 2.44. The molecule has 0 bridgehead atoms. The third-order valence-corrected chi connectivity index (χ3v) is 3.70. The van der Waals surface area contributed by atoms with Crippen molar-refractivity contribution in [1.29, 1.82) is 0 Å². The molecule has 4 rings (SSSR count). The Bertz CT molecular complexity index is 972. The molecule has 102 valence electrons. The summed E-state index contributed by atoms with van der Waals surface area (Å²) in [6.45, 7) is 1.78. The predicted octanol–water partition coefficient (Wildman–Crippen LogP) is 3.56. The monoisotopic (exact) mass is 275 g/mol. The van der Waals surface area contributed by atoms with E-state index in [4.69, 9.17) is 0 Å². The van der Waals surface area contributed by atoms with E-state index in [1.807, 2.05) is 24.4 Å². The molecule has 4 heteroatoms. The van der Waals surface area contributed by atoms with Crippen LogP contribution in [-0.4, -0.2) is 19.5 Å². The van der Waals surface area contributed by atoms with Crippen LogP contribution in [0.2, 0.25) is 0 Å². The number of hydrogen-bond donors (Lipinski definition) is 1. The lowest BCUT2D eigenvalue weighted by Crippen LogP contribution is -1.90. The average molecular weight is 275 g/mol. The number of rotatable bonds is 1. The van der Waals surface area contributed by atoms with Crippen LogP contribution in [0.4, 0.5) is 0 Å². The Hall–Kier alpha value is -2.88. The van der Waals surface area contributed by atoms with E-state index in [9.17, 15) is 5.11 Å². The van der Waals surface area contributed by atoms with Crippen LogP contribution in [0.15, 0.2) is 54.9 Å². The van der Waals surface area contributed by atoms with E-state index in [2.05, 4.69) is 34.2 Å². The molecule has 0 unspecified atom stereocenters. The average Bonchev–Trinajstić information content (AvgIpc) is 2.81. The van der Waals surface area contributed by atoms with Crippen LogP contribution in [0, 0.1) is 6.92 Å². The molecule has 2 heterocycles. The van der Waals surface area contributed by atoms with Crippen LogP contribution in [0.3, 0.4) is 0 Å². The third kappa shape index (κ3) is 1.84. The largest absolute Gasteiger partial charge is 0.493 e. The lowest BCUT2D eigenvalue weighted by Gasteiger charge is -2.04. The minimum atomic E-state index is 0.162. The molecule has 2 aromatic carbocycles. The molecule has 2 aromatic heterocycles. The Balaban J connectivity index is 1.92. The molecule has 0 aliphatic heterocycles. The van der Waals surface area contributed by atoms with E-state index in [1.165, 1.54) is 10.8 Å². The number of aromatic hydroxyl groups is 1. The van der Waals surface area contributed by atoms with Crippen molar-refractivity contribution in [2.75, 3.05) is 0 Å². The van der Waals surface area contributed by atoms with Crippen molar-refractivity contribution < 1.29 is 5.11 Å². The van der Waals surface area contributed by atoms with Gasteiger partial charge in [0.25, 0.3) is 0 Å². The Labute approximate surface area is 121 Å². The smallest absolute Gasteiger partial charge is 0.219 e. The molecule has 0 atom stereocenters. The highest BCUT2D eigenvalue weighted by Crippen LogP contribution is 2.25. The summed E-state index contributed by atoms with van der Waals surface area (Å²) in [6.07, 6.45) is 3.49. The zero-order chi connectivity index (χ0) is 14.4. The molecule has 0 radical (unpaired) electrons. The maximum absolute atomic E-state index is 10.0. The van der Waals surface area contributed by atoms with Crippen LogP contribution >= 0.6 is 0 Å². The molecule has 4 aromatic rings. The first kappa shape index (κ1) is 11.9. The van der Waals surface area contributed by atoms with Gasteiger partial charge in [-0.2, -0.15) is 0 Å². The molecule has 1 N–H and O–H groups in total. The Morgan fingerprint density at radius 1 is 1.05 bits per heavy atom. The van der Waals surface area contributed by atoms with Crippen molar-refractivity contribution in [2.24, 2.45) is 0 Å². The molecule has 0 fully saturated rings. The predicted molar refractivity (Wildman–Crippen MR) is 82.3 cm³/mol. The maximum atomic E-state index is 10.0. The van der Waals surface area contributed by atoms with E-state index in [0.717, 1.165) is 11.3 Å². The normalized spacial score (nSPS) is 11.3. The third-order valence-electron chi connectivity index (χ3n) is 3.70. The van der Waals surface area contributed by atoms with Crippen LogP contribution in [0.1, 0.15) is 5.69 Å². The second-order valence-electron chi connectivity index (χ2n) is 5.08. The number of benzene rings is 2. The first-order valence-electron chi connectivity index (χ1n) is 6.75. The Morgan fingerprint density at radius 3 is 2.71 bits per heavy atom. The highest BCUT2D eigenvalue weighted by Gasteiger charge is 2.09. The summed E-state index contributed by atoms with van der Waals surface area (Å²) in [4.78, 5) is 8.69. The highest BCUT2D eigenvalue weighted by molar-refractivity contribution is 5.86. The number of aryl methyl sites for hydroxylation is 1. The topological polar surface area (TPSA) is 50.4 Å². The second kappa shape index (κ2) is 4.31. The minimum absolute atomic E-state index is 0.162. The van der Waals surface area contributed by atoms with Crippen LogP contribution in [0.5, 0.6) is 5.88 Å². The van der Waals surface area contributed by atoms with E-state index >= 15 is 0 Å². The SMILES string of the molecule is Cc1nc2cnc(-c3ccc4ccccc4c3)cn2c1O. The molecular formula is C17H13N3O. The summed E-state index contributed by atoms with van der Waals surface area (Å²) in [5, 5.41) is 12.4. The number of nitrogens with zero attached hydrogens (tertiary/aromatic N) is 3. The van der Waals surface area contributed by atoms with Crippen molar-refractivity contribution >= 4 is 16.4 Å². The molecule has 0 aliphatic carbocycles. The molecule has 0 saturated heterocycles. The summed E-state index contributed by atoms with van der Waals surface area (Å²) in [5.74, 6) is 0.162. The molecule has 0 amide bonds. The quantitative estimate of drug-likeness (QED) is 0.578. The van der Waals surface area contributed by atoms with Gasteiger partial charge < -0.3 is 5.11 Å². The first-order chi connectivity index (χ1) is 10.2. The zero-order valence-corrected chi connectivity index (χ0v) is 11.5. The van der Waals surface area contributed by atoms with Gasteiger partial charge in [0.2, 0.25) is 5.88 Å². The second-order valence-corrected chi connectivity index (χ2v) is 5.08. The fourth-order valence-corrected chi connectivity index (χ4v) is 2.56. The van der Waals surface area contributed by atoms with Gasteiger partial charge in [0.05, 0.1) is 11.9 Å². The van der Waals surface area contributed by atoms with Gasteiger partial charge in [-0.1, -0.05) is 36.4 Å². The van der Waals surface area contributed by atoms with Gasteiger partial charge in [-0.15, -0.1) is 0 Å². The van der Waals surface area contributed by atoms with Gasteiger partial charge in [-0.25, -0.2) is 4.98 Å². The van der Waals surface area contributed by atoms with Gasteiger partial charge >= 0.3 is 0 Å². The summed E-state index contributed by atoms with van der Waals surface area (Å²) in [5.41, 5.74) is 3.07. The summed E-state index contributed by atoms with van der Waals surface area (Å²) in [6, 6.07) is 14.4. The first-order valence-corrected chi connectivity index (χ1v) is 6.75. The molecule has 0 aliphatic rings. The van der Waals surface area contributed by atoms with E-state index in [0.29, 0.717) is 11.3 Å². The van der Waals surface area contributed by atoms with Crippen molar-refractivity contribution in [3.05, 3.63) is 60.6 Å². The fourth-order valence-electron chi connectivity index (χ4n) is 2.56. The zero-order valence-electron chi connectivity index (χ0n) is 11.5. The van der Waals surface area contributed by atoms with Crippen molar-refractivity contribution in [3.8, 4) is 17.1 Å². The summed E-state index contributed by atoms with van der Waals surface area (Å²) < 4.78 is 1.66. The molecule has 0 spiro atoms. The minimum Gasteiger partial charge on any atom is -0.493 e. The van der Waals surface area contributed by atoms with E-state index in [-0.39, 0.29) is 5.88 Å². The summed E-state index contributed by atoms with van der Waals surface area (Å²) in [7, 11) is 0. The van der Waals surface area contributed by atoms with E-state index in [1.54, 1.807) is 17.5 Å². The van der Waals surface area contributed by atoms with Crippen molar-refractivity contribution in [3.63, 3.8) is 0 Å². The maximum Gasteiger partial charge on any atom is 0.219 e. The van der Waals surface area contributed by atoms with Crippen LogP contribution in [0.25, 0.3) is 27.7 Å². The number of hydrogen-bond acceptors (Lipinski definition) is 3. The number of fused-ring (bicyclic) bond motifs is 2. The fraction of sp³-hybridized carbons (Fsp3) is 0.0588. The van der Waals surface area contributed by atoms with Crippen LogP contribution in [-0.2, 0) is 0 Å². The molecular weight excluding hydrogens is 262 g/mol. The van der Waals surface area contributed by atoms with E-state index < -0.39 is 0 Å². The van der Waals surface area contributed by atoms with Gasteiger partial charge in [-0.3, -0.25) is 9.38 Å². The van der Waals surface area contributed by atoms with Gasteiger partial charge in [-0.05, 0) is 23.8 Å². The standard InChI is InChI=1S/C17H13N3O/c1-11-17(21)20-10-15(18-9-16(20)19-11)14-7-6-12-4-2-3-5-13(12)8-14/h2-10,21H,1H3. The molecule has 4 nitrogen and oxygen atoms in total. The molecule has 21 heavy (non-hydrogen) atoms. The van der Waals surface area contributed by atoms with Crippen molar-refractivity contribution in [2.45, 2.75) is 6.92 Å². The summed E-state index contributed by atoms with van der Waals surface area (Å²) >= 11 is 0.